The fourth-order valence-electron chi connectivity index (χ4n) is 3.53. The quantitative estimate of drug-likeness (QED) is 0.628. The van der Waals surface area contributed by atoms with Crippen LogP contribution in [0.25, 0.3) is 0 Å². The molecule has 1 aromatic heterocycles. The van der Waals surface area contributed by atoms with Crippen LogP contribution in [-0.4, -0.2) is 66.3 Å². The Bertz CT molecular complexity index is 1020. The molecule has 1 aliphatic rings. The van der Waals surface area contributed by atoms with Crippen LogP contribution in [0.1, 0.15) is 45.9 Å². The Morgan fingerprint density at radius 3 is 2.47 bits per heavy atom. The molecule has 3 rings (SSSR count). The maximum Gasteiger partial charge on any atom is 0.262 e. The smallest absolute Gasteiger partial charge is 0.262 e. The van der Waals surface area contributed by atoms with E-state index in [0.717, 1.165) is 35.4 Å². The van der Waals surface area contributed by atoms with E-state index in [1.54, 1.807) is 44.2 Å². The molecule has 0 unspecified atom stereocenters. The molecule has 0 spiro atoms. The maximum absolute atomic E-state index is 13.0. The van der Waals surface area contributed by atoms with Crippen molar-refractivity contribution in [1.29, 1.82) is 0 Å². The first-order valence-corrected chi connectivity index (χ1v) is 12.2. The van der Waals surface area contributed by atoms with E-state index >= 15 is 0 Å². The van der Waals surface area contributed by atoms with Crippen LogP contribution < -0.4 is 10.6 Å². The van der Waals surface area contributed by atoms with Crippen molar-refractivity contribution >= 4 is 50.7 Å². The van der Waals surface area contributed by atoms with E-state index in [0.29, 0.717) is 22.7 Å². The molecule has 0 atom stereocenters. The second-order valence-corrected chi connectivity index (χ2v) is 11.1. The van der Waals surface area contributed by atoms with Crippen molar-refractivity contribution in [2.24, 2.45) is 0 Å². The highest BCUT2D eigenvalue weighted by atomic mass is 79.9. The predicted octanol–water partition coefficient (Wildman–Crippen LogP) is 3.74. The molecule has 0 radical (unpaired) electrons. The second-order valence-electron chi connectivity index (χ2n) is 8.62. The number of carbonyl (C=O) groups is 3. The lowest BCUT2D eigenvalue weighted by Crippen LogP contribution is -2.52. The molecular weight excluding hydrogens is 492 g/mol. The summed E-state index contributed by atoms with van der Waals surface area (Å²) in [6.07, 6.45) is 0.957. The number of halogens is 1. The third-order valence-electron chi connectivity index (χ3n) is 5.51. The Balaban J connectivity index is 1.65. The van der Waals surface area contributed by atoms with Crippen LogP contribution >= 0.6 is 27.3 Å². The second kappa shape index (κ2) is 10.1. The predicted molar refractivity (Wildman–Crippen MR) is 131 cm³/mol. The Hall–Kier alpha value is -2.23. The monoisotopic (exact) mass is 520 g/mol. The van der Waals surface area contributed by atoms with Crippen LogP contribution in [0.3, 0.4) is 0 Å². The molecule has 1 aromatic carbocycles. The zero-order chi connectivity index (χ0) is 23.5. The first-order chi connectivity index (χ1) is 15.1. The summed E-state index contributed by atoms with van der Waals surface area (Å²) < 4.78 is 0.849. The number of nitrogens with one attached hydrogen (secondary N) is 2. The van der Waals surface area contributed by atoms with E-state index in [1.807, 2.05) is 11.8 Å². The topological polar surface area (TPSA) is 81.8 Å². The molecule has 2 aromatic rings. The minimum Gasteiger partial charge on any atom is -0.337 e. The number of amides is 3. The van der Waals surface area contributed by atoms with Crippen LogP contribution in [-0.2, 0) is 4.79 Å². The van der Waals surface area contributed by atoms with Crippen molar-refractivity contribution in [1.82, 2.24) is 15.1 Å². The van der Waals surface area contributed by atoms with Gasteiger partial charge in [0.05, 0.1) is 8.66 Å². The largest absolute Gasteiger partial charge is 0.337 e. The lowest BCUT2D eigenvalue weighted by atomic mass is 10.0. The molecule has 1 aliphatic heterocycles. The Labute approximate surface area is 201 Å². The summed E-state index contributed by atoms with van der Waals surface area (Å²) >= 11 is 4.64. The SMILES string of the molecule is Cc1cc(NC(=O)C(C)(C)NC(=O)c2ccc(Br)s2)ccc1C(=O)N1CCCN(C)CC1. The zero-order valence-electron chi connectivity index (χ0n) is 18.8. The van der Waals surface area contributed by atoms with Crippen molar-refractivity contribution in [3.63, 3.8) is 0 Å². The number of hydrogen-bond acceptors (Lipinski definition) is 5. The van der Waals surface area contributed by atoms with E-state index < -0.39 is 5.54 Å². The fraction of sp³-hybridized carbons (Fsp3) is 0.435. The van der Waals surface area contributed by atoms with Crippen LogP contribution in [0.4, 0.5) is 5.69 Å². The summed E-state index contributed by atoms with van der Waals surface area (Å²) in [6.45, 7) is 8.49. The van der Waals surface area contributed by atoms with E-state index in [4.69, 9.17) is 0 Å². The van der Waals surface area contributed by atoms with Gasteiger partial charge in [-0.2, -0.15) is 0 Å². The maximum atomic E-state index is 13.0. The lowest BCUT2D eigenvalue weighted by molar-refractivity contribution is -0.120. The van der Waals surface area contributed by atoms with E-state index in [9.17, 15) is 14.4 Å². The zero-order valence-corrected chi connectivity index (χ0v) is 21.2. The van der Waals surface area contributed by atoms with Crippen LogP contribution in [0, 0.1) is 6.92 Å². The molecular formula is C23H29BrN4O3S. The number of thiophene rings is 1. The molecule has 0 aliphatic carbocycles. The fourth-order valence-corrected chi connectivity index (χ4v) is 4.81. The van der Waals surface area contributed by atoms with Gasteiger partial charge in [0.1, 0.15) is 5.54 Å². The van der Waals surface area contributed by atoms with Crippen LogP contribution in [0.5, 0.6) is 0 Å². The number of hydrogen-bond donors (Lipinski definition) is 2. The number of carbonyl (C=O) groups excluding carboxylic acids is 3. The number of rotatable bonds is 5. The number of nitrogens with zero attached hydrogens (tertiary/aromatic N) is 2. The van der Waals surface area contributed by atoms with Crippen molar-refractivity contribution in [3.8, 4) is 0 Å². The van der Waals surface area contributed by atoms with E-state index in [1.165, 1.54) is 11.3 Å². The number of aryl methyl sites for hydroxylation is 1. The lowest BCUT2D eigenvalue weighted by Gasteiger charge is -2.25. The average molecular weight is 521 g/mol. The molecule has 32 heavy (non-hydrogen) atoms. The molecule has 9 heteroatoms. The van der Waals surface area contributed by atoms with Gasteiger partial charge in [-0.05, 0) is 92.6 Å². The first-order valence-electron chi connectivity index (χ1n) is 10.5. The van der Waals surface area contributed by atoms with Gasteiger partial charge in [0.15, 0.2) is 0 Å². The summed E-state index contributed by atoms with van der Waals surface area (Å²) in [5, 5.41) is 5.63. The summed E-state index contributed by atoms with van der Waals surface area (Å²) in [6, 6.07) is 8.79. The minimum atomic E-state index is -1.12. The highest BCUT2D eigenvalue weighted by Gasteiger charge is 2.30. The summed E-state index contributed by atoms with van der Waals surface area (Å²) in [4.78, 5) is 42.9. The number of likely N-dealkylation sites (N-methyl/N-ethyl adjacent to an activating group) is 1. The van der Waals surface area contributed by atoms with Crippen LogP contribution in [0.15, 0.2) is 34.1 Å². The number of anilines is 1. The molecule has 0 bridgehead atoms. The van der Waals surface area contributed by atoms with E-state index in [-0.39, 0.29) is 17.7 Å². The third kappa shape index (κ3) is 5.96. The molecule has 0 saturated carbocycles. The molecule has 1 saturated heterocycles. The normalized spacial score (nSPS) is 15.2. The first kappa shape index (κ1) is 24.4. The van der Waals surface area contributed by atoms with Crippen molar-refractivity contribution < 1.29 is 14.4 Å². The Morgan fingerprint density at radius 2 is 1.81 bits per heavy atom. The van der Waals surface area contributed by atoms with Crippen molar-refractivity contribution in [2.45, 2.75) is 32.7 Å². The average Bonchev–Trinajstić information content (AvgIpc) is 3.04. The van der Waals surface area contributed by atoms with Crippen LogP contribution in [0.2, 0.25) is 0 Å². The van der Waals surface area contributed by atoms with Gasteiger partial charge in [0.25, 0.3) is 11.8 Å². The molecule has 1 fully saturated rings. The van der Waals surface area contributed by atoms with Gasteiger partial charge in [-0.3, -0.25) is 14.4 Å². The Morgan fingerprint density at radius 1 is 1.06 bits per heavy atom. The molecule has 172 valence electrons. The van der Waals surface area contributed by atoms with Gasteiger partial charge in [-0.25, -0.2) is 0 Å². The minimum absolute atomic E-state index is 0.0189. The van der Waals surface area contributed by atoms with Gasteiger partial charge >= 0.3 is 0 Å². The highest BCUT2D eigenvalue weighted by Crippen LogP contribution is 2.23. The van der Waals surface area contributed by atoms with Gasteiger partial charge in [0.2, 0.25) is 5.91 Å². The van der Waals surface area contributed by atoms with E-state index in [2.05, 4.69) is 38.5 Å². The standard InChI is InChI=1S/C23H29BrN4O3S/c1-15-14-16(6-7-17(15)21(30)28-11-5-10-27(4)12-13-28)25-22(31)23(2,3)26-20(29)18-8-9-19(24)32-18/h6-9,14H,5,10-13H2,1-4H3,(H,25,31)(H,26,29). The highest BCUT2D eigenvalue weighted by molar-refractivity contribution is 9.11. The molecule has 7 nitrogen and oxygen atoms in total. The van der Waals surface area contributed by atoms with Gasteiger partial charge < -0.3 is 20.4 Å². The molecule has 2 N–H and O–H groups in total. The summed E-state index contributed by atoms with van der Waals surface area (Å²) in [7, 11) is 2.07. The van der Waals surface area contributed by atoms with Gasteiger partial charge in [-0.15, -0.1) is 11.3 Å². The van der Waals surface area contributed by atoms with Crippen molar-refractivity contribution in [3.05, 3.63) is 50.1 Å². The third-order valence-corrected chi connectivity index (χ3v) is 7.13. The number of benzene rings is 1. The Kier molecular flexibility index (Phi) is 7.74. The summed E-state index contributed by atoms with van der Waals surface area (Å²) in [5.41, 5.74) is 0.911. The summed E-state index contributed by atoms with van der Waals surface area (Å²) in [5.74, 6) is -0.623. The molecule has 3 amide bonds. The molecule has 2 heterocycles. The van der Waals surface area contributed by atoms with Crippen molar-refractivity contribution in [2.75, 3.05) is 38.5 Å². The van der Waals surface area contributed by atoms with Gasteiger partial charge in [0, 0.05) is 30.9 Å². The van der Waals surface area contributed by atoms with Gasteiger partial charge in [-0.1, -0.05) is 0 Å².